The topological polar surface area (TPSA) is 39.9 Å². The molecule has 0 fully saturated rings. The average Bonchev–Trinajstić information content (AvgIpc) is 2.45. The van der Waals surface area contributed by atoms with Gasteiger partial charge >= 0.3 is 0 Å². The van der Waals surface area contributed by atoms with Crippen LogP contribution in [-0.4, -0.2) is 20.8 Å². The number of fused-ring (bicyclic) bond motifs is 1. The van der Waals surface area contributed by atoms with Gasteiger partial charge in [-0.15, -0.1) is 5.10 Å². The predicted octanol–water partition coefficient (Wildman–Crippen LogP) is 2.31. The highest BCUT2D eigenvalue weighted by molar-refractivity contribution is 6.31. The SMILES string of the molecule is CC(C)(C)On1nnc2cc(Cl)ccc21. The molecule has 1 heterocycles. The van der Waals surface area contributed by atoms with Gasteiger partial charge in [0.25, 0.3) is 0 Å². The van der Waals surface area contributed by atoms with Crippen molar-refractivity contribution >= 4 is 22.6 Å². The number of benzene rings is 1. The third kappa shape index (κ3) is 2.21. The van der Waals surface area contributed by atoms with E-state index in [1.54, 1.807) is 12.1 Å². The Kier molecular flexibility index (Phi) is 2.31. The Morgan fingerprint density at radius 3 is 2.73 bits per heavy atom. The first kappa shape index (κ1) is 10.2. The first-order chi connectivity index (χ1) is 6.96. The zero-order valence-corrected chi connectivity index (χ0v) is 9.62. The van der Waals surface area contributed by atoms with Gasteiger partial charge in [-0.25, -0.2) is 0 Å². The standard InChI is InChI=1S/C10H12ClN3O/c1-10(2,3)15-14-9-5-4-7(11)6-8(9)12-13-14/h4-6H,1-3H3. The Bertz CT molecular complexity index is 487. The second-order valence-electron chi connectivity index (χ2n) is 4.30. The summed E-state index contributed by atoms with van der Waals surface area (Å²) in [5.41, 5.74) is 1.24. The Hall–Kier alpha value is -1.29. The van der Waals surface area contributed by atoms with E-state index in [4.69, 9.17) is 16.4 Å². The lowest BCUT2D eigenvalue weighted by atomic mass is 10.2. The highest BCUT2D eigenvalue weighted by atomic mass is 35.5. The fourth-order valence-corrected chi connectivity index (χ4v) is 1.37. The van der Waals surface area contributed by atoms with Crippen molar-refractivity contribution in [3.8, 4) is 0 Å². The molecule has 0 saturated carbocycles. The zero-order valence-electron chi connectivity index (χ0n) is 8.86. The van der Waals surface area contributed by atoms with Gasteiger partial charge in [0.2, 0.25) is 0 Å². The van der Waals surface area contributed by atoms with Crippen LogP contribution in [0, 0.1) is 0 Å². The van der Waals surface area contributed by atoms with E-state index >= 15 is 0 Å². The van der Waals surface area contributed by atoms with E-state index in [-0.39, 0.29) is 5.60 Å². The minimum absolute atomic E-state index is 0.305. The molecule has 0 unspecified atom stereocenters. The number of nitrogens with zero attached hydrogens (tertiary/aromatic N) is 3. The van der Waals surface area contributed by atoms with Crippen molar-refractivity contribution in [1.29, 1.82) is 0 Å². The lowest BCUT2D eigenvalue weighted by Gasteiger charge is -2.19. The second-order valence-corrected chi connectivity index (χ2v) is 4.74. The van der Waals surface area contributed by atoms with Crippen molar-refractivity contribution in [2.24, 2.45) is 0 Å². The number of hydrogen-bond donors (Lipinski definition) is 0. The van der Waals surface area contributed by atoms with Gasteiger partial charge in [-0.05, 0) is 44.2 Å². The summed E-state index contributed by atoms with van der Waals surface area (Å²) < 4.78 is 0. The van der Waals surface area contributed by atoms with E-state index in [9.17, 15) is 0 Å². The highest BCUT2D eigenvalue weighted by Gasteiger charge is 2.15. The maximum absolute atomic E-state index is 5.84. The van der Waals surface area contributed by atoms with Gasteiger partial charge in [-0.2, -0.15) is 0 Å². The van der Waals surface area contributed by atoms with Crippen molar-refractivity contribution < 1.29 is 4.84 Å². The van der Waals surface area contributed by atoms with Gasteiger partial charge in [0.1, 0.15) is 16.6 Å². The van der Waals surface area contributed by atoms with Crippen LogP contribution in [0.25, 0.3) is 11.0 Å². The first-order valence-electron chi connectivity index (χ1n) is 4.66. The van der Waals surface area contributed by atoms with E-state index in [2.05, 4.69) is 10.3 Å². The molecule has 0 bridgehead atoms. The normalized spacial score (nSPS) is 12.0. The quantitative estimate of drug-likeness (QED) is 0.748. The summed E-state index contributed by atoms with van der Waals surface area (Å²) in [6, 6.07) is 5.38. The molecule has 2 rings (SSSR count). The van der Waals surface area contributed by atoms with Gasteiger partial charge in [-0.1, -0.05) is 16.4 Å². The van der Waals surface area contributed by atoms with Crippen LogP contribution in [0.2, 0.25) is 5.02 Å². The molecule has 4 nitrogen and oxygen atoms in total. The summed E-state index contributed by atoms with van der Waals surface area (Å²) in [5, 5.41) is 8.52. The third-order valence-electron chi connectivity index (χ3n) is 1.74. The molecule has 15 heavy (non-hydrogen) atoms. The molecule has 2 aromatic rings. The summed E-state index contributed by atoms with van der Waals surface area (Å²) in [7, 11) is 0. The van der Waals surface area contributed by atoms with Crippen LogP contribution >= 0.6 is 11.6 Å². The van der Waals surface area contributed by atoms with Crippen LogP contribution in [0.5, 0.6) is 0 Å². The van der Waals surface area contributed by atoms with Crippen molar-refractivity contribution in [1.82, 2.24) is 15.2 Å². The van der Waals surface area contributed by atoms with E-state index in [0.29, 0.717) is 5.02 Å². The van der Waals surface area contributed by atoms with Crippen molar-refractivity contribution in [3.63, 3.8) is 0 Å². The number of hydrogen-bond acceptors (Lipinski definition) is 3. The Morgan fingerprint density at radius 2 is 2.07 bits per heavy atom. The highest BCUT2D eigenvalue weighted by Crippen LogP contribution is 2.17. The second kappa shape index (κ2) is 3.38. The molecule has 0 aliphatic rings. The van der Waals surface area contributed by atoms with Crippen LogP contribution in [0.3, 0.4) is 0 Å². The van der Waals surface area contributed by atoms with Gasteiger partial charge in [0, 0.05) is 5.02 Å². The van der Waals surface area contributed by atoms with Gasteiger partial charge in [0.15, 0.2) is 0 Å². The van der Waals surface area contributed by atoms with E-state index in [1.807, 2.05) is 26.8 Å². The van der Waals surface area contributed by atoms with Crippen molar-refractivity contribution in [3.05, 3.63) is 23.2 Å². The molecule has 5 heteroatoms. The summed E-state index contributed by atoms with van der Waals surface area (Å²) in [6.45, 7) is 5.86. The summed E-state index contributed by atoms with van der Waals surface area (Å²) in [4.78, 5) is 7.02. The average molecular weight is 226 g/mol. The minimum atomic E-state index is -0.305. The largest absolute Gasteiger partial charge is 0.389 e. The van der Waals surface area contributed by atoms with Gasteiger partial charge < -0.3 is 4.84 Å². The fraction of sp³-hybridized carbons (Fsp3) is 0.400. The molecular formula is C10H12ClN3O. The molecule has 0 aliphatic heterocycles. The minimum Gasteiger partial charge on any atom is -0.389 e. The molecule has 0 amide bonds. The third-order valence-corrected chi connectivity index (χ3v) is 1.97. The summed E-state index contributed by atoms with van der Waals surface area (Å²) in [5.74, 6) is 0. The first-order valence-corrected chi connectivity index (χ1v) is 5.04. The van der Waals surface area contributed by atoms with Gasteiger partial charge in [0.05, 0.1) is 0 Å². The molecule has 0 spiro atoms. The Labute approximate surface area is 92.7 Å². The zero-order chi connectivity index (χ0) is 11.1. The molecular weight excluding hydrogens is 214 g/mol. The van der Waals surface area contributed by atoms with Crippen LogP contribution in [-0.2, 0) is 0 Å². The molecule has 1 aromatic heterocycles. The fourth-order valence-electron chi connectivity index (χ4n) is 1.20. The lowest BCUT2D eigenvalue weighted by molar-refractivity contribution is -0.0295. The van der Waals surface area contributed by atoms with E-state index in [0.717, 1.165) is 11.0 Å². The molecule has 0 radical (unpaired) electrons. The predicted molar refractivity (Wildman–Crippen MR) is 58.9 cm³/mol. The molecule has 80 valence electrons. The molecule has 0 aliphatic carbocycles. The van der Waals surface area contributed by atoms with Crippen LogP contribution in [0.4, 0.5) is 0 Å². The van der Waals surface area contributed by atoms with Crippen molar-refractivity contribution in [2.75, 3.05) is 0 Å². The number of aromatic nitrogens is 3. The van der Waals surface area contributed by atoms with Gasteiger partial charge in [-0.3, -0.25) is 0 Å². The Morgan fingerprint density at radius 1 is 1.33 bits per heavy atom. The number of halogens is 1. The molecule has 0 atom stereocenters. The number of rotatable bonds is 1. The van der Waals surface area contributed by atoms with Crippen LogP contribution in [0.15, 0.2) is 18.2 Å². The smallest absolute Gasteiger partial charge is 0.131 e. The summed E-state index contributed by atoms with van der Waals surface area (Å²) >= 11 is 5.84. The van der Waals surface area contributed by atoms with E-state index in [1.165, 1.54) is 4.85 Å². The molecule has 1 aromatic carbocycles. The summed E-state index contributed by atoms with van der Waals surface area (Å²) in [6.07, 6.45) is 0. The van der Waals surface area contributed by atoms with E-state index < -0.39 is 0 Å². The maximum atomic E-state index is 5.84. The lowest BCUT2D eigenvalue weighted by Crippen LogP contribution is -2.31. The van der Waals surface area contributed by atoms with Crippen LogP contribution in [0.1, 0.15) is 20.8 Å². The van der Waals surface area contributed by atoms with Crippen LogP contribution < -0.4 is 4.84 Å². The Balaban J connectivity index is 2.45. The maximum Gasteiger partial charge on any atom is 0.131 e. The monoisotopic (exact) mass is 225 g/mol. The molecule has 0 N–H and O–H groups in total. The molecule has 0 saturated heterocycles. The van der Waals surface area contributed by atoms with Crippen molar-refractivity contribution in [2.45, 2.75) is 26.4 Å².